The van der Waals surface area contributed by atoms with Gasteiger partial charge in [0.25, 0.3) is 0 Å². The molecule has 2 aromatic carbocycles. The number of aromatic nitrogens is 1. The summed E-state index contributed by atoms with van der Waals surface area (Å²) in [5, 5.41) is 11.4. The molecule has 1 aromatic heterocycles. The van der Waals surface area contributed by atoms with Gasteiger partial charge in [0.05, 0.1) is 17.8 Å². The third-order valence-electron chi connectivity index (χ3n) is 5.76. The van der Waals surface area contributed by atoms with Crippen LogP contribution in [0.2, 0.25) is 0 Å². The van der Waals surface area contributed by atoms with Crippen LogP contribution >= 0.6 is 0 Å². The highest BCUT2D eigenvalue weighted by Crippen LogP contribution is 2.48. The number of amides is 1. The summed E-state index contributed by atoms with van der Waals surface area (Å²) in [7, 11) is 0. The van der Waals surface area contributed by atoms with Crippen LogP contribution in [0, 0.1) is 23.4 Å². The highest BCUT2D eigenvalue weighted by atomic mass is 19.4. The molecule has 1 aliphatic rings. The van der Waals surface area contributed by atoms with Crippen LogP contribution in [0.5, 0.6) is 0 Å². The zero-order chi connectivity index (χ0) is 23.2. The van der Waals surface area contributed by atoms with Crippen LogP contribution in [-0.2, 0) is 4.79 Å². The van der Waals surface area contributed by atoms with Gasteiger partial charge in [-0.15, -0.1) is 0 Å². The molecule has 4 rings (SSSR count). The second kappa shape index (κ2) is 8.16. The van der Waals surface area contributed by atoms with Gasteiger partial charge < -0.3 is 15.4 Å². The summed E-state index contributed by atoms with van der Waals surface area (Å²) >= 11 is 0. The third kappa shape index (κ3) is 4.19. The number of benzene rings is 2. The Kier molecular flexibility index (Phi) is 5.66. The molecule has 3 N–H and O–H groups in total. The van der Waals surface area contributed by atoms with Crippen molar-refractivity contribution in [2.75, 3.05) is 6.54 Å². The van der Waals surface area contributed by atoms with Gasteiger partial charge in [0.1, 0.15) is 17.5 Å². The van der Waals surface area contributed by atoms with Crippen LogP contribution in [0.15, 0.2) is 36.4 Å². The average Bonchev–Trinajstić information content (AvgIpc) is 3.04. The Bertz CT molecular complexity index is 1150. The molecule has 10 heteroatoms. The Morgan fingerprint density at radius 3 is 2.38 bits per heavy atom. The van der Waals surface area contributed by atoms with Crippen molar-refractivity contribution in [1.29, 1.82) is 0 Å². The summed E-state index contributed by atoms with van der Waals surface area (Å²) in [6.45, 7) is -0.951. The lowest BCUT2D eigenvalue weighted by atomic mass is 9.70. The monoisotopic (exact) mass is 456 g/mol. The fraction of sp³-hybridized carbons (Fsp3) is 0.318. The van der Waals surface area contributed by atoms with E-state index in [1.807, 2.05) is 0 Å². The van der Waals surface area contributed by atoms with E-state index in [9.17, 15) is 31.1 Å². The zero-order valence-corrected chi connectivity index (χ0v) is 16.4. The molecule has 1 heterocycles. The minimum absolute atomic E-state index is 0.0712. The number of alkyl halides is 3. The van der Waals surface area contributed by atoms with Gasteiger partial charge >= 0.3 is 6.18 Å². The highest BCUT2D eigenvalue weighted by Gasteiger charge is 2.41. The maximum atomic E-state index is 14.4. The number of halogens is 6. The van der Waals surface area contributed by atoms with Crippen molar-refractivity contribution in [2.24, 2.45) is 5.92 Å². The molecule has 0 unspecified atom stereocenters. The molecule has 0 spiro atoms. The maximum absolute atomic E-state index is 14.4. The van der Waals surface area contributed by atoms with Crippen molar-refractivity contribution in [2.45, 2.75) is 31.0 Å². The van der Waals surface area contributed by atoms with Crippen molar-refractivity contribution in [3.63, 3.8) is 0 Å². The second-order valence-electron chi connectivity index (χ2n) is 7.90. The lowest BCUT2D eigenvalue weighted by Gasteiger charge is -2.35. The topological polar surface area (TPSA) is 65.1 Å². The highest BCUT2D eigenvalue weighted by molar-refractivity contribution is 5.92. The SMILES string of the molecule is O=C(NC[C@H](O)C(F)(F)F)[C@H]1C[C@H](c2c(-c3ccc(F)cc3)[nH]c3c(F)cc(F)cc32)C1. The Hall–Kier alpha value is -3.01. The Labute approximate surface area is 178 Å². The molecule has 170 valence electrons. The van der Waals surface area contributed by atoms with Gasteiger partial charge in [-0.2, -0.15) is 13.2 Å². The number of hydrogen-bond acceptors (Lipinski definition) is 2. The van der Waals surface area contributed by atoms with Gasteiger partial charge in [0.15, 0.2) is 6.10 Å². The largest absolute Gasteiger partial charge is 0.416 e. The number of hydrogen-bond donors (Lipinski definition) is 3. The lowest BCUT2D eigenvalue weighted by molar-refractivity contribution is -0.202. The number of carbonyl (C=O) groups excluding carboxylic acids is 1. The van der Waals surface area contributed by atoms with Crippen LogP contribution in [0.4, 0.5) is 26.3 Å². The average molecular weight is 456 g/mol. The smallest absolute Gasteiger partial charge is 0.382 e. The predicted octanol–water partition coefficient (Wildman–Crippen LogP) is 4.79. The van der Waals surface area contributed by atoms with E-state index in [0.717, 1.165) is 6.07 Å². The third-order valence-corrected chi connectivity index (χ3v) is 5.76. The van der Waals surface area contributed by atoms with Crippen molar-refractivity contribution in [3.8, 4) is 11.3 Å². The number of H-pyrrole nitrogens is 1. The van der Waals surface area contributed by atoms with E-state index < -0.39 is 48.1 Å². The number of aliphatic hydroxyl groups is 1. The zero-order valence-electron chi connectivity index (χ0n) is 16.4. The molecule has 1 aliphatic carbocycles. The first kappa shape index (κ1) is 22.2. The molecule has 1 amide bonds. The second-order valence-corrected chi connectivity index (χ2v) is 7.90. The van der Waals surface area contributed by atoms with E-state index in [1.54, 1.807) is 0 Å². The van der Waals surface area contributed by atoms with Gasteiger partial charge in [0, 0.05) is 17.4 Å². The first-order valence-corrected chi connectivity index (χ1v) is 9.83. The van der Waals surface area contributed by atoms with Gasteiger partial charge in [-0.3, -0.25) is 4.79 Å². The molecule has 4 nitrogen and oxygen atoms in total. The minimum Gasteiger partial charge on any atom is -0.382 e. The maximum Gasteiger partial charge on any atom is 0.416 e. The Morgan fingerprint density at radius 1 is 1.09 bits per heavy atom. The molecule has 0 bridgehead atoms. The molecule has 3 aromatic rings. The van der Waals surface area contributed by atoms with Gasteiger partial charge in [-0.05, 0) is 60.2 Å². The standard InChI is InChI=1S/C22H18F6N2O2/c23-13-3-1-10(2-4-13)19-18(15-7-14(24)8-16(25)20(15)30-19)11-5-12(6-11)21(32)29-9-17(31)22(26,27)28/h1-4,7-8,11-12,17,30-31H,5-6,9H2,(H,29,32)/t11-,12-,17-/m0/s1. The predicted molar refractivity (Wildman–Crippen MR) is 104 cm³/mol. The van der Waals surface area contributed by atoms with Crippen molar-refractivity contribution in [1.82, 2.24) is 10.3 Å². The molecule has 0 saturated heterocycles. The summed E-state index contributed by atoms with van der Waals surface area (Å²) in [4.78, 5) is 15.1. The summed E-state index contributed by atoms with van der Waals surface area (Å²) in [5.74, 6) is -3.59. The van der Waals surface area contributed by atoms with E-state index in [1.165, 1.54) is 30.3 Å². The Morgan fingerprint density at radius 2 is 1.75 bits per heavy atom. The van der Waals surface area contributed by atoms with Crippen molar-refractivity contribution in [3.05, 3.63) is 59.4 Å². The summed E-state index contributed by atoms with van der Waals surface area (Å²) in [6, 6.07) is 7.33. The number of aromatic amines is 1. The fourth-order valence-electron chi connectivity index (χ4n) is 4.03. The molecular weight excluding hydrogens is 438 g/mol. The first-order chi connectivity index (χ1) is 15.0. The molecular formula is C22H18F6N2O2. The van der Waals surface area contributed by atoms with E-state index in [4.69, 9.17) is 5.11 Å². The summed E-state index contributed by atoms with van der Waals surface area (Å²) < 4.78 is 78.8. The van der Waals surface area contributed by atoms with Gasteiger partial charge in [-0.25, -0.2) is 13.2 Å². The van der Waals surface area contributed by atoms with Crippen LogP contribution in [0.25, 0.3) is 22.2 Å². The lowest BCUT2D eigenvalue weighted by Crippen LogP contribution is -2.45. The molecule has 32 heavy (non-hydrogen) atoms. The van der Waals surface area contributed by atoms with E-state index in [-0.39, 0.29) is 29.7 Å². The number of aliphatic hydroxyl groups excluding tert-OH is 1. The van der Waals surface area contributed by atoms with E-state index in [2.05, 4.69) is 10.3 Å². The van der Waals surface area contributed by atoms with E-state index >= 15 is 0 Å². The molecule has 1 saturated carbocycles. The fourth-order valence-corrected chi connectivity index (χ4v) is 4.03. The van der Waals surface area contributed by atoms with Crippen LogP contribution in [0.3, 0.4) is 0 Å². The van der Waals surface area contributed by atoms with Crippen molar-refractivity contribution < 1.29 is 36.2 Å². The Balaban J connectivity index is 1.59. The molecule has 0 radical (unpaired) electrons. The van der Waals surface area contributed by atoms with Crippen LogP contribution in [-0.4, -0.2) is 34.8 Å². The first-order valence-electron chi connectivity index (χ1n) is 9.83. The van der Waals surface area contributed by atoms with Crippen molar-refractivity contribution >= 4 is 16.8 Å². The van der Waals surface area contributed by atoms with Gasteiger partial charge in [0.2, 0.25) is 5.91 Å². The van der Waals surface area contributed by atoms with E-state index in [0.29, 0.717) is 16.8 Å². The summed E-state index contributed by atoms with van der Waals surface area (Å²) in [5.41, 5.74) is 1.63. The molecule has 1 atom stereocenters. The molecule has 0 aliphatic heterocycles. The number of nitrogens with one attached hydrogen (secondary N) is 2. The summed E-state index contributed by atoms with van der Waals surface area (Å²) in [6.07, 6.45) is -7.01. The van der Waals surface area contributed by atoms with Crippen LogP contribution < -0.4 is 5.32 Å². The minimum atomic E-state index is -4.84. The van der Waals surface area contributed by atoms with Gasteiger partial charge in [-0.1, -0.05) is 0 Å². The quantitative estimate of drug-likeness (QED) is 0.484. The van der Waals surface area contributed by atoms with Crippen LogP contribution in [0.1, 0.15) is 24.3 Å². The number of rotatable bonds is 5. The number of carbonyl (C=O) groups is 1. The molecule has 1 fully saturated rings. The number of fused-ring (bicyclic) bond motifs is 1. The normalized spacial score (nSPS) is 19.6.